The maximum absolute atomic E-state index is 12.8. The monoisotopic (exact) mass is 377 g/mol. The molecule has 1 fully saturated rings. The summed E-state index contributed by atoms with van der Waals surface area (Å²) in [5, 5.41) is 4.13. The van der Waals surface area contributed by atoms with Crippen LogP contribution in [-0.2, 0) is 0 Å². The van der Waals surface area contributed by atoms with Crippen LogP contribution >= 0.6 is 0 Å². The van der Waals surface area contributed by atoms with Crippen LogP contribution in [0.25, 0.3) is 11.4 Å². The third kappa shape index (κ3) is 3.63. The third-order valence-electron chi connectivity index (χ3n) is 5.28. The lowest BCUT2D eigenvalue weighted by atomic mass is 9.96. The second-order valence-electron chi connectivity index (χ2n) is 7.07. The van der Waals surface area contributed by atoms with Crippen LogP contribution in [0, 0.1) is 6.92 Å². The van der Waals surface area contributed by atoms with Crippen molar-refractivity contribution < 1.29 is 14.1 Å². The zero-order valence-electron chi connectivity index (χ0n) is 16.1. The van der Waals surface area contributed by atoms with E-state index in [2.05, 4.69) is 10.1 Å². The molecule has 6 heteroatoms. The van der Waals surface area contributed by atoms with Crippen LogP contribution in [0.4, 0.5) is 0 Å². The van der Waals surface area contributed by atoms with Crippen LogP contribution in [-0.4, -0.2) is 41.1 Å². The van der Waals surface area contributed by atoms with Crippen molar-refractivity contribution in [2.24, 2.45) is 0 Å². The van der Waals surface area contributed by atoms with Crippen molar-refractivity contribution >= 4 is 5.91 Å². The van der Waals surface area contributed by atoms with Gasteiger partial charge in [-0.15, -0.1) is 0 Å². The highest BCUT2D eigenvalue weighted by Crippen LogP contribution is 2.30. The first-order chi connectivity index (χ1) is 13.7. The van der Waals surface area contributed by atoms with E-state index in [0.717, 1.165) is 35.3 Å². The molecule has 6 nitrogen and oxygen atoms in total. The summed E-state index contributed by atoms with van der Waals surface area (Å²) in [5.41, 5.74) is 2.65. The number of benzene rings is 2. The molecule has 2 aromatic carbocycles. The van der Waals surface area contributed by atoms with E-state index in [0.29, 0.717) is 24.8 Å². The zero-order chi connectivity index (χ0) is 19.5. The number of rotatable bonds is 4. The summed E-state index contributed by atoms with van der Waals surface area (Å²) in [7, 11) is 1.63. The van der Waals surface area contributed by atoms with E-state index in [1.807, 2.05) is 60.4 Å². The van der Waals surface area contributed by atoms with Crippen molar-refractivity contribution in [3.63, 3.8) is 0 Å². The lowest BCUT2D eigenvalue weighted by molar-refractivity contribution is 0.0704. The quantitative estimate of drug-likeness (QED) is 0.685. The zero-order valence-corrected chi connectivity index (χ0v) is 16.1. The molecule has 1 aliphatic heterocycles. The molecule has 0 saturated carbocycles. The number of hydrogen-bond donors (Lipinski definition) is 0. The highest BCUT2D eigenvalue weighted by atomic mass is 16.5. The molecule has 0 bridgehead atoms. The fraction of sp³-hybridized carbons (Fsp3) is 0.318. The van der Waals surface area contributed by atoms with Crippen molar-refractivity contribution in [1.82, 2.24) is 15.0 Å². The molecule has 4 rings (SSSR count). The van der Waals surface area contributed by atoms with Gasteiger partial charge in [0.2, 0.25) is 11.7 Å². The summed E-state index contributed by atoms with van der Waals surface area (Å²) in [5.74, 6) is 2.23. The Morgan fingerprint density at radius 1 is 1.14 bits per heavy atom. The maximum Gasteiger partial charge on any atom is 0.254 e. The average Bonchev–Trinajstić information content (AvgIpc) is 3.24. The minimum atomic E-state index is 0.0964. The molecule has 0 N–H and O–H groups in total. The third-order valence-corrected chi connectivity index (χ3v) is 5.28. The van der Waals surface area contributed by atoms with Gasteiger partial charge in [-0.3, -0.25) is 4.79 Å². The van der Waals surface area contributed by atoms with Gasteiger partial charge in [0.15, 0.2) is 0 Å². The summed E-state index contributed by atoms with van der Waals surface area (Å²) in [6, 6.07) is 15.3. The predicted octanol–water partition coefficient (Wildman–Crippen LogP) is 4.07. The predicted molar refractivity (Wildman–Crippen MR) is 105 cm³/mol. The van der Waals surface area contributed by atoms with Crippen LogP contribution in [0.15, 0.2) is 53.1 Å². The number of hydrogen-bond acceptors (Lipinski definition) is 5. The molecular formula is C22H23N3O3. The van der Waals surface area contributed by atoms with Crippen molar-refractivity contribution in [3.8, 4) is 17.1 Å². The Balaban J connectivity index is 1.42. The van der Waals surface area contributed by atoms with Gasteiger partial charge in [-0.2, -0.15) is 4.98 Å². The molecule has 2 heterocycles. The van der Waals surface area contributed by atoms with Crippen molar-refractivity contribution in [2.75, 3.05) is 20.2 Å². The summed E-state index contributed by atoms with van der Waals surface area (Å²) in [4.78, 5) is 19.3. The SMILES string of the molecule is COc1cccc(-c2noc(C3CCN(C(=O)c4ccccc4C)CC3)n2)c1. The van der Waals surface area contributed by atoms with Crippen molar-refractivity contribution in [3.05, 3.63) is 65.5 Å². The number of methoxy groups -OCH3 is 1. The number of nitrogens with zero attached hydrogens (tertiary/aromatic N) is 3. The Morgan fingerprint density at radius 2 is 1.93 bits per heavy atom. The molecule has 1 aliphatic rings. The van der Waals surface area contributed by atoms with Gasteiger partial charge in [0.1, 0.15) is 5.75 Å². The van der Waals surface area contributed by atoms with Crippen LogP contribution in [0.5, 0.6) is 5.75 Å². The topological polar surface area (TPSA) is 68.5 Å². The molecule has 0 radical (unpaired) electrons. The van der Waals surface area contributed by atoms with E-state index in [-0.39, 0.29) is 11.8 Å². The highest BCUT2D eigenvalue weighted by molar-refractivity contribution is 5.95. The minimum Gasteiger partial charge on any atom is -0.497 e. The number of amides is 1. The first-order valence-corrected chi connectivity index (χ1v) is 9.48. The van der Waals surface area contributed by atoms with E-state index < -0.39 is 0 Å². The summed E-state index contributed by atoms with van der Waals surface area (Å²) in [6.45, 7) is 3.35. The molecule has 0 aliphatic carbocycles. The van der Waals surface area contributed by atoms with E-state index >= 15 is 0 Å². The van der Waals surface area contributed by atoms with Gasteiger partial charge < -0.3 is 14.2 Å². The maximum atomic E-state index is 12.8. The van der Waals surface area contributed by atoms with Crippen LogP contribution < -0.4 is 4.74 Å². The molecule has 0 spiro atoms. The summed E-state index contributed by atoms with van der Waals surface area (Å²) >= 11 is 0. The Morgan fingerprint density at radius 3 is 2.68 bits per heavy atom. The van der Waals surface area contributed by atoms with Crippen molar-refractivity contribution in [2.45, 2.75) is 25.7 Å². The molecule has 1 saturated heterocycles. The molecule has 3 aromatic rings. The lowest BCUT2D eigenvalue weighted by Gasteiger charge is -2.30. The van der Waals surface area contributed by atoms with Gasteiger partial charge in [0.25, 0.3) is 5.91 Å². The number of carbonyl (C=O) groups is 1. The Kier molecular flexibility index (Phi) is 5.10. The molecule has 1 aromatic heterocycles. The molecule has 0 atom stereocenters. The highest BCUT2D eigenvalue weighted by Gasteiger charge is 2.28. The first kappa shape index (κ1) is 18.2. The molecular weight excluding hydrogens is 354 g/mol. The fourth-order valence-corrected chi connectivity index (χ4v) is 3.59. The second-order valence-corrected chi connectivity index (χ2v) is 7.07. The summed E-state index contributed by atoms with van der Waals surface area (Å²) < 4.78 is 10.8. The van der Waals surface area contributed by atoms with Crippen LogP contribution in [0.1, 0.15) is 40.6 Å². The van der Waals surface area contributed by atoms with E-state index in [9.17, 15) is 4.79 Å². The molecule has 28 heavy (non-hydrogen) atoms. The molecule has 144 valence electrons. The van der Waals surface area contributed by atoms with Gasteiger partial charge in [-0.05, 0) is 43.5 Å². The number of carbonyl (C=O) groups excluding carboxylic acids is 1. The average molecular weight is 377 g/mol. The smallest absolute Gasteiger partial charge is 0.254 e. The van der Waals surface area contributed by atoms with Crippen LogP contribution in [0.2, 0.25) is 0 Å². The van der Waals surface area contributed by atoms with Crippen LogP contribution in [0.3, 0.4) is 0 Å². The van der Waals surface area contributed by atoms with E-state index in [1.165, 1.54) is 0 Å². The standard InChI is InChI=1S/C22H23N3O3/c1-15-6-3-4-9-19(15)22(26)25-12-10-16(11-13-25)21-23-20(24-28-21)17-7-5-8-18(14-17)27-2/h3-9,14,16H,10-13H2,1-2H3. The lowest BCUT2D eigenvalue weighted by Crippen LogP contribution is -2.38. The van der Waals surface area contributed by atoms with E-state index in [1.54, 1.807) is 7.11 Å². The number of aryl methyl sites for hydroxylation is 1. The molecule has 0 unspecified atom stereocenters. The van der Waals surface area contributed by atoms with Gasteiger partial charge in [0, 0.05) is 30.1 Å². The summed E-state index contributed by atoms with van der Waals surface area (Å²) in [6.07, 6.45) is 1.63. The fourth-order valence-electron chi connectivity index (χ4n) is 3.59. The van der Waals surface area contributed by atoms with Gasteiger partial charge >= 0.3 is 0 Å². The Labute approximate surface area is 164 Å². The molecule has 1 amide bonds. The Bertz CT molecular complexity index is 974. The number of aromatic nitrogens is 2. The van der Waals surface area contributed by atoms with E-state index in [4.69, 9.17) is 9.26 Å². The Hall–Kier alpha value is -3.15. The normalized spacial score (nSPS) is 14.9. The van der Waals surface area contributed by atoms with Gasteiger partial charge in [-0.25, -0.2) is 0 Å². The van der Waals surface area contributed by atoms with Gasteiger partial charge in [0.05, 0.1) is 7.11 Å². The number of piperidine rings is 1. The van der Waals surface area contributed by atoms with Crippen molar-refractivity contribution in [1.29, 1.82) is 0 Å². The first-order valence-electron chi connectivity index (χ1n) is 9.48. The largest absolute Gasteiger partial charge is 0.497 e. The second kappa shape index (κ2) is 7.84. The minimum absolute atomic E-state index is 0.0964. The van der Waals surface area contributed by atoms with Gasteiger partial charge in [-0.1, -0.05) is 35.5 Å². The number of ether oxygens (including phenoxy) is 1. The number of likely N-dealkylation sites (tertiary alicyclic amines) is 1.